The van der Waals surface area contributed by atoms with Gasteiger partial charge in [-0.05, 0) is 42.0 Å². The number of rotatable bonds is 7. The van der Waals surface area contributed by atoms with E-state index < -0.39 is 9.84 Å². The molecule has 0 aliphatic heterocycles. The molecule has 0 bridgehead atoms. The quantitative estimate of drug-likeness (QED) is 0.614. The van der Waals surface area contributed by atoms with E-state index in [-0.39, 0.29) is 23.0 Å². The number of thiazole rings is 1. The number of carbonyl (C=O) groups is 1. The van der Waals surface area contributed by atoms with Gasteiger partial charge in [0.25, 0.3) is 0 Å². The number of nitrogens with one attached hydrogen (secondary N) is 2. The number of benzene rings is 2. The molecule has 28 heavy (non-hydrogen) atoms. The minimum Gasteiger partial charge on any atom is -0.352 e. The summed E-state index contributed by atoms with van der Waals surface area (Å²) in [6.07, 6.45) is 1.29. The van der Waals surface area contributed by atoms with E-state index in [9.17, 15) is 17.6 Å². The fraction of sp³-hybridized carbons (Fsp3) is 0.158. The lowest BCUT2D eigenvalue weighted by Crippen LogP contribution is -2.24. The summed E-state index contributed by atoms with van der Waals surface area (Å²) in [6.45, 7) is 0.320. The largest absolute Gasteiger partial charge is 0.352 e. The second kappa shape index (κ2) is 8.49. The summed E-state index contributed by atoms with van der Waals surface area (Å²) >= 11 is 1.35. The molecule has 1 aromatic heterocycles. The predicted molar refractivity (Wildman–Crippen MR) is 107 cm³/mol. The van der Waals surface area contributed by atoms with Crippen LogP contribution in [0.1, 0.15) is 11.3 Å². The molecule has 0 saturated heterocycles. The van der Waals surface area contributed by atoms with Crippen molar-refractivity contribution in [1.29, 1.82) is 0 Å². The lowest BCUT2D eigenvalue weighted by atomic mass is 10.2. The van der Waals surface area contributed by atoms with Crippen LogP contribution in [-0.2, 0) is 27.6 Å². The third-order valence-electron chi connectivity index (χ3n) is 3.83. The van der Waals surface area contributed by atoms with Crippen LogP contribution >= 0.6 is 11.3 Å². The summed E-state index contributed by atoms with van der Waals surface area (Å²) < 4.78 is 35.8. The molecule has 146 valence electrons. The van der Waals surface area contributed by atoms with E-state index >= 15 is 0 Å². The number of hydrogen-bond acceptors (Lipinski definition) is 6. The highest BCUT2D eigenvalue weighted by molar-refractivity contribution is 7.90. The molecule has 2 aromatic carbocycles. The van der Waals surface area contributed by atoms with E-state index in [1.807, 2.05) is 0 Å². The minimum atomic E-state index is -3.23. The van der Waals surface area contributed by atoms with E-state index in [1.54, 1.807) is 29.6 Å². The van der Waals surface area contributed by atoms with Gasteiger partial charge in [0, 0.05) is 23.9 Å². The molecule has 0 aliphatic rings. The van der Waals surface area contributed by atoms with Crippen molar-refractivity contribution in [3.8, 4) is 0 Å². The number of aromatic nitrogens is 1. The van der Waals surface area contributed by atoms with Crippen LogP contribution in [0.25, 0.3) is 0 Å². The number of amides is 1. The van der Waals surface area contributed by atoms with Crippen molar-refractivity contribution in [2.45, 2.75) is 17.9 Å². The number of nitrogens with zero attached hydrogens (tertiary/aromatic N) is 1. The third-order valence-corrected chi connectivity index (χ3v) is 5.77. The number of anilines is 2. The maximum absolute atomic E-state index is 12.9. The number of halogens is 1. The van der Waals surface area contributed by atoms with Crippen LogP contribution in [-0.4, -0.2) is 25.6 Å². The summed E-state index contributed by atoms with van der Waals surface area (Å²) in [5, 5.41) is 8.24. The van der Waals surface area contributed by atoms with E-state index in [4.69, 9.17) is 0 Å². The Labute approximate surface area is 166 Å². The van der Waals surface area contributed by atoms with Crippen LogP contribution in [0, 0.1) is 5.82 Å². The van der Waals surface area contributed by atoms with Gasteiger partial charge in [0.15, 0.2) is 15.0 Å². The van der Waals surface area contributed by atoms with Crippen molar-refractivity contribution in [2.24, 2.45) is 0 Å². The minimum absolute atomic E-state index is 0.131. The zero-order valence-corrected chi connectivity index (χ0v) is 16.6. The zero-order valence-electron chi connectivity index (χ0n) is 15.0. The highest BCUT2D eigenvalue weighted by Crippen LogP contribution is 2.22. The summed E-state index contributed by atoms with van der Waals surface area (Å²) in [6, 6.07) is 12.3. The molecule has 6 nitrogen and oxygen atoms in total. The molecule has 3 aromatic rings. The topological polar surface area (TPSA) is 88.2 Å². The van der Waals surface area contributed by atoms with Crippen molar-refractivity contribution in [1.82, 2.24) is 10.3 Å². The highest BCUT2D eigenvalue weighted by Gasteiger charge is 2.09. The van der Waals surface area contributed by atoms with Gasteiger partial charge in [-0.3, -0.25) is 4.79 Å². The van der Waals surface area contributed by atoms with Crippen molar-refractivity contribution < 1.29 is 17.6 Å². The van der Waals surface area contributed by atoms with Crippen LogP contribution < -0.4 is 10.6 Å². The molecule has 1 heterocycles. The maximum atomic E-state index is 12.9. The molecule has 0 unspecified atom stereocenters. The molecule has 2 N–H and O–H groups in total. The Hall–Kier alpha value is -2.78. The van der Waals surface area contributed by atoms with E-state index in [0.29, 0.717) is 23.1 Å². The Kier molecular flexibility index (Phi) is 6.05. The number of hydrogen-bond donors (Lipinski definition) is 2. The van der Waals surface area contributed by atoms with Crippen molar-refractivity contribution in [2.75, 3.05) is 11.6 Å². The molecule has 1 amide bonds. The first-order valence-electron chi connectivity index (χ1n) is 8.32. The molecular formula is C19H18FN3O3S2. The lowest BCUT2D eigenvalue weighted by Gasteiger charge is -2.05. The number of carbonyl (C=O) groups excluding carboxylic acids is 1. The van der Waals surface area contributed by atoms with Crippen molar-refractivity contribution in [3.63, 3.8) is 0 Å². The van der Waals surface area contributed by atoms with Gasteiger partial charge in [-0.25, -0.2) is 17.8 Å². The fourth-order valence-electron chi connectivity index (χ4n) is 2.38. The van der Waals surface area contributed by atoms with E-state index in [2.05, 4.69) is 15.6 Å². The van der Waals surface area contributed by atoms with Gasteiger partial charge >= 0.3 is 0 Å². The average Bonchev–Trinajstić information content (AvgIpc) is 3.07. The van der Waals surface area contributed by atoms with Crippen molar-refractivity contribution in [3.05, 3.63) is 71.0 Å². The normalized spacial score (nSPS) is 11.2. The number of sulfone groups is 1. The van der Waals surface area contributed by atoms with Crippen molar-refractivity contribution >= 4 is 37.9 Å². The monoisotopic (exact) mass is 419 g/mol. The summed E-state index contributed by atoms with van der Waals surface area (Å²) in [5.41, 5.74) is 2.14. The standard InChI is InChI=1S/C19H18FN3O3S2/c1-28(25,26)17-8-6-15(7-9-17)22-19-23-16(12-27-19)10-18(24)21-11-13-2-4-14(20)5-3-13/h2-9,12H,10-11H2,1H3,(H,21,24)(H,22,23). The molecule has 0 atom stereocenters. The van der Waals surface area contributed by atoms with E-state index in [1.165, 1.54) is 35.6 Å². The van der Waals surface area contributed by atoms with Gasteiger partial charge in [-0.15, -0.1) is 11.3 Å². The first kappa shape index (κ1) is 20.0. The Morgan fingerprint density at radius 1 is 1.11 bits per heavy atom. The van der Waals surface area contributed by atoms with Crippen LogP contribution in [0.15, 0.2) is 58.8 Å². The molecule has 9 heteroatoms. The van der Waals surface area contributed by atoms with Gasteiger partial charge in [0.05, 0.1) is 17.0 Å². The van der Waals surface area contributed by atoms with Crippen LogP contribution in [0.3, 0.4) is 0 Å². The van der Waals surface area contributed by atoms with Gasteiger partial charge in [-0.2, -0.15) is 0 Å². The van der Waals surface area contributed by atoms with Gasteiger partial charge < -0.3 is 10.6 Å². The SMILES string of the molecule is CS(=O)(=O)c1ccc(Nc2nc(CC(=O)NCc3ccc(F)cc3)cs2)cc1. The van der Waals surface area contributed by atoms with Gasteiger partial charge in [0.2, 0.25) is 5.91 Å². The molecule has 0 fully saturated rings. The Balaban J connectivity index is 1.53. The second-order valence-electron chi connectivity index (χ2n) is 6.15. The van der Waals surface area contributed by atoms with E-state index in [0.717, 1.165) is 11.8 Å². The summed E-state index contributed by atoms with van der Waals surface area (Å²) in [7, 11) is -3.23. The summed E-state index contributed by atoms with van der Waals surface area (Å²) in [4.78, 5) is 16.7. The summed E-state index contributed by atoms with van der Waals surface area (Å²) in [5.74, 6) is -0.498. The van der Waals surface area contributed by atoms with Crippen LogP contribution in [0.2, 0.25) is 0 Å². The van der Waals surface area contributed by atoms with Crippen LogP contribution in [0.5, 0.6) is 0 Å². The van der Waals surface area contributed by atoms with Gasteiger partial charge in [0.1, 0.15) is 5.82 Å². The third kappa shape index (κ3) is 5.61. The van der Waals surface area contributed by atoms with Crippen LogP contribution in [0.4, 0.5) is 15.2 Å². The Morgan fingerprint density at radius 2 is 1.79 bits per heavy atom. The highest BCUT2D eigenvalue weighted by atomic mass is 32.2. The fourth-order valence-corrected chi connectivity index (χ4v) is 3.75. The van der Waals surface area contributed by atoms with Gasteiger partial charge in [-0.1, -0.05) is 12.1 Å². The first-order chi connectivity index (χ1) is 13.3. The molecule has 0 saturated carbocycles. The molecule has 0 spiro atoms. The molecule has 3 rings (SSSR count). The maximum Gasteiger partial charge on any atom is 0.226 e. The molecular weight excluding hydrogens is 401 g/mol. The smallest absolute Gasteiger partial charge is 0.226 e. The molecule has 0 radical (unpaired) electrons. The molecule has 0 aliphatic carbocycles. The lowest BCUT2D eigenvalue weighted by molar-refractivity contribution is -0.120. The Bertz CT molecular complexity index is 1060. The Morgan fingerprint density at radius 3 is 2.43 bits per heavy atom. The second-order valence-corrected chi connectivity index (χ2v) is 9.02. The first-order valence-corrected chi connectivity index (χ1v) is 11.1. The average molecular weight is 420 g/mol. The zero-order chi connectivity index (χ0) is 20.1. The predicted octanol–water partition coefficient (Wildman–Crippen LogP) is 3.29.